The van der Waals surface area contributed by atoms with Crippen LogP contribution in [0.4, 0.5) is 0 Å². The standard InChI is InChI=1S/C15H18N2O3S/c1-3-17(12-13(2)11-16)21(19,20)15-8-6-14(7-9-15)5-4-10-18/h6-9,13,18H,3,10,12H2,1-2H3. The first-order valence-corrected chi connectivity index (χ1v) is 7.99. The molecule has 0 radical (unpaired) electrons. The molecular weight excluding hydrogens is 288 g/mol. The van der Waals surface area contributed by atoms with E-state index in [0.717, 1.165) is 0 Å². The number of benzene rings is 1. The summed E-state index contributed by atoms with van der Waals surface area (Å²) in [5, 5.41) is 17.4. The summed E-state index contributed by atoms with van der Waals surface area (Å²) in [5.41, 5.74) is 0.636. The van der Waals surface area contributed by atoms with Gasteiger partial charge in [-0.2, -0.15) is 9.57 Å². The molecule has 21 heavy (non-hydrogen) atoms. The van der Waals surface area contributed by atoms with Crippen molar-refractivity contribution in [1.29, 1.82) is 5.26 Å². The van der Waals surface area contributed by atoms with Crippen LogP contribution >= 0.6 is 0 Å². The Bertz CT molecular complexity index is 664. The van der Waals surface area contributed by atoms with Gasteiger partial charge in [0.25, 0.3) is 0 Å². The highest BCUT2D eigenvalue weighted by Gasteiger charge is 2.24. The van der Waals surface area contributed by atoms with Crippen molar-refractivity contribution in [2.24, 2.45) is 5.92 Å². The first kappa shape index (κ1) is 17.2. The maximum Gasteiger partial charge on any atom is 0.243 e. The number of hydrogen-bond acceptors (Lipinski definition) is 4. The van der Waals surface area contributed by atoms with Crippen molar-refractivity contribution in [1.82, 2.24) is 4.31 Å². The molecule has 0 saturated carbocycles. The van der Waals surface area contributed by atoms with E-state index in [2.05, 4.69) is 11.8 Å². The largest absolute Gasteiger partial charge is 0.384 e. The van der Waals surface area contributed by atoms with E-state index >= 15 is 0 Å². The van der Waals surface area contributed by atoms with Gasteiger partial charge in [-0.3, -0.25) is 0 Å². The molecule has 0 aliphatic rings. The number of sulfonamides is 1. The van der Waals surface area contributed by atoms with Crippen LogP contribution in [-0.4, -0.2) is 37.5 Å². The Kier molecular flexibility index (Phi) is 6.39. The zero-order chi connectivity index (χ0) is 15.9. The lowest BCUT2D eigenvalue weighted by Crippen LogP contribution is -2.34. The van der Waals surface area contributed by atoms with Crippen molar-refractivity contribution < 1.29 is 13.5 Å². The third kappa shape index (κ3) is 4.57. The Morgan fingerprint density at radius 3 is 2.43 bits per heavy atom. The second-order valence-electron chi connectivity index (χ2n) is 4.47. The summed E-state index contributed by atoms with van der Waals surface area (Å²) >= 11 is 0. The van der Waals surface area contributed by atoms with Gasteiger partial charge in [-0.15, -0.1) is 0 Å². The summed E-state index contributed by atoms with van der Waals surface area (Å²) in [6.45, 7) is 3.66. The minimum atomic E-state index is -3.61. The minimum absolute atomic E-state index is 0.168. The third-order valence-electron chi connectivity index (χ3n) is 2.85. The van der Waals surface area contributed by atoms with E-state index in [9.17, 15) is 8.42 Å². The second kappa shape index (κ2) is 7.80. The Morgan fingerprint density at radius 1 is 1.33 bits per heavy atom. The number of nitrogens with zero attached hydrogens (tertiary/aromatic N) is 2. The van der Waals surface area contributed by atoms with E-state index in [1.165, 1.54) is 16.4 Å². The molecule has 112 valence electrons. The predicted molar refractivity (Wildman–Crippen MR) is 79.6 cm³/mol. The normalized spacial score (nSPS) is 12.3. The molecule has 0 saturated heterocycles. The van der Waals surface area contributed by atoms with E-state index in [0.29, 0.717) is 12.1 Å². The molecule has 0 heterocycles. The molecule has 1 N–H and O–H groups in total. The van der Waals surface area contributed by atoms with Gasteiger partial charge in [-0.05, 0) is 31.2 Å². The van der Waals surface area contributed by atoms with Crippen LogP contribution in [0.2, 0.25) is 0 Å². The topological polar surface area (TPSA) is 81.4 Å². The number of nitriles is 1. The number of aliphatic hydroxyl groups is 1. The monoisotopic (exact) mass is 306 g/mol. The average Bonchev–Trinajstić information content (AvgIpc) is 2.50. The molecule has 1 atom stereocenters. The zero-order valence-electron chi connectivity index (χ0n) is 12.1. The smallest absolute Gasteiger partial charge is 0.243 e. The molecule has 1 rings (SSSR count). The van der Waals surface area contributed by atoms with Gasteiger partial charge in [0.2, 0.25) is 10.0 Å². The molecule has 0 fully saturated rings. The van der Waals surface area contributed by atoms with Crippen molar-refractivity contribution in [3.63, 3.8) is 0 Å². The summed E-state index contributed by atoms with van der Waals surface area (Å²) in [7, 11) is -3.61. The Balaban J connectivity index is 3.03. The fraction of sp³-hybridized carbons (Fsp3) is 0.400. The predicted octanol–water partition coefficient (Wildman–Crippen LogP) is 1.20. The van der Waals surface area contributed by atoms with Crippen molar-refractivity contribution >= 4 is 10.0 Å². The van der Waals surface area contributed by atoms with Crippen LogP contribution in [0.5, 0.6) is 0 Å². The average molecular weight is 306 g/mol. The highest BCUT2D eigenvalue weighted by molar-refractivity contribution is 7.89. The second-order valence-corrected chi connectivity index (χ2v) is 6.41. The quantitative estimate of drug-likeness (QED) is 0.829. The van der Waals surface area contributed by atoms with E-state index in [-0.39, 0.29) is 24.0 Å². The van der Waals surface area contributed by atoms with Gasteiger partial charge in [-0.25, -0.2) is 8.42 Å². The van der Waals surface area contributed by atoms with Crippen LogP contribution < -0.4 is 0 Å². The molecule has 0 amide bonds. The minimum Gasteiger partial charge on any atom is -0.384 e. The maximum absolute atomic E-state index is 12.5. The van der Waals surface area contributed by atoms with E-state index in [1.807, 2.05) is 6.07 Å². The Hall–Kier alpha value is -1.86. The molecule has 0 aliphatic heterocycles. The zero-order valence-corrected chi connectivity index (χ0v) is 12.9. The van der Waals surface area contributed by atoms with Crippen LogP contribution in [0.3, 0.4) is 0 Å². The van der Waals surface area contributed by atoms with Gasteiger partial charge in [0, 0.05) is 18.7 Å². The summed E-state index contributed by atoms with van der Waals surface area (Å²) in [6, 6.07) is 8.19. The third-order valence-corrected chi connectivity index (χ3v) is 4.81. The van der Waals surface area contributed by atoms with Gasteiger partial charge in [-0.1, -0.05) is 18.8 Å². The molecule has 0 aromatic heterocycles. The molecule has 6 heteroatoms. The fourth-order valence-electron chi connectivity index (χ4n) is 1.74. The van der Waals surface area contributed by atoms with Gasteiger partial charge in [0.1, 0.15) is 6.61 Å². The number of hydrogen-bond donors (Lipinski definition) is 1. The van der Waals surface area contributed by atoms with Crippen molar-refractivity contribution in [2.45, 2.75) is 18.7 Å². The molecular formula is C15H18N2O3S. The lowest BCUT2D eigenvalue weighted by atomic mass is 10.2. The number of rotatable bonds is 5. The summed E-state index contributed by atoms with van der Waals surface area (Å²) in [4.78, 5) is 0.170. The van der Waals surface area contributed by atoms with Gasteiger partial charge >= 0.3 is 0 Å². The maximum atomic E-state index is 12.5. The molecule has 0 spiro atoms. The van der Waals surface area contributed by atoms with Crippen LogP contribution in [0, 0.1) is 29.1 Å². The molecule has 5 nitrogen and oxygen atoms in total. The van der Waals surface area contributed by atoms with Crippen molar-refractivity contribution in [2.75, 3.05) is 19.7 Å². The van der Waals surface area contributed by atoms with Gasteiger partial charge < -0.3 is 5.11 Å². The highest BCUT2D eigenvalue weighted by Crippen LogP contribution is 2.17. The van der Waals surface area contributed by atoms with E-state index in [1.54, 1.807) is 26.0 Å². The van der Waals surface area contributed by atoms with Crippen LogP contribution in [0.15, 0.2) is 29.2 Å². The highest BCUT2D eigenvalue weighted by atomic mass is 32.2. The number of aliphatic hydroxyl groups excluding tert-OH is 1. The summed E-state index contributed by atoms with van der Waals surface area (Å²) < 4.78 is 26.2. The first-order chi connectivity index (χ1) is 9.95. The van der Waals surface area contributed by atoms with Gasteiger partial charge in [0.15, 0.2) is 0 Å². The van der Waals surface area contributed by atoms with Crippen molar-refractivity contribution in [3.05, 3.63) is 29.8 Å². The Morgan fingerprint density at radius 2 is 1.95 bits per heavy atom. The van der Waals surface area contributed by atoms with Gasteiger partial charge in [0.05, 0.1) is 16.9 Å². The molecule has 1 aromatic rings. The Labute approximate surface area is 125 Å². The fourth-order valence-corrected chi connectivity index (χ4v) is 3.28. The lowest BCUT2D eigenvalue weighted by molar-refractivity contribution is 0.350. The SMILES string of the molecule is CCN(CC(C)C#N)S(=O)(=O)c1ccc(C#CCO)cc1. The van der Waals surface area contributed by atoms with Crippen LogP contribution in [0.25, 0.3) is 0 Å². The molecule has 1 unspecified atom stereocenters. The van der Waals surface area contributed by atoms with Crippen LogP contribution in [-0.2, 0) is 10.0 Å². The van der Waals surface area contributed by atoms with Crippen LogP contribution in [0.1, 0.15) is 19.4 Å². The summed E-state index contributed by atoms with van der Waals surface area (Å²) in [5.74, 6) is 4.84. The molecule has 0 bridgehead atoms. The molecule has 0 aliphatic carbocycles. The van der Waals surface area contributed by atoms with E-state index < -0.39 is 10.0 Å². The van der Waals surface area contributed by atoms with Crippen molar-refractivity contribution in [3.8, 4) is 17.9 Å². The summed E-state index contributed by atoms with van der Waals surface area (Å²) in [6.07, 6.45) is 0. The molecule has 1 aromatic carbocycles. The van der Waals surface area contributed by atoms with E-state index in [4.69, 9.17) is 10.4 Å². The first-order valence-electron chi connectivity index (χ1n) is 6.55. The lowest BCUT2D eigenvalue weighted by Gasteiger charge is -2.21.